The van der Waals surface area contributed by atoms with Crippen LogP contribution in [0.15, 0.2) is 34.1 Å². The zero-order valence-electron chi connectivity index (χ0n) is 10.5. The van der Waals surface area contributed by atoms with Crippen LogP contribution in [-0.2, 0) is 6.54 Å². The highest BCUT2D eigenvalue weighted by atomic mass is 16.5. The summed E-state index contributed by atoms with van der Waals surface area (Å²) in [5.41, 5.74) is -0.401. The van der Waals surface area contributed by atoms with Gasteiger partial charge in [-0.05, 0) is 0 Å². The average molecular weight is 263 g/mol. The number of H-pyrrole nitrogens is 1. The predicted octanol–water partition coefficient (Wildman–Crippen LogP) is -0.00290. The number of rotatable bonds is 4. The highest BCUT2D eigenvalue weighted by molar-refractivity contribution is 5.42. The van der Waals surface area contributed by atoms with Gasteiger partial charge in [-0.1, -0.05) is 0 Å². The van der Waals surface area contributed by atoms with E-state index in [1.165, 1.54) is 31.0 Å². The minimum Gasteiger partial charge on any atom is -0.493 e. The molecule has 0 saturated carbocycles. The van der Waals surface area contributed by atoms with Crippen LogP contribution in [0.25, 0.3) is 0 Å². The quantitative estimate of drug-likeness (QED) is 0.839. The van der Waals surface area contributed by atoms with Crippen molar-refractivity contribution >= 4 is 0 Å². The second kappa shape index (κ2) is 5.38. The van der Waals surface area contributed by atoms with Gasteiger partial charge in [-0.25, -0.2) is 4.79 Å². The number of nitrogens with one attached hydrogen (secondary N) is 1. The van der Waals surface area contributed by atoms with E-state index < -0.39 is 11.2 Å². The molecule has 100 valence electrons. The van der Waals surface area contributed by atoms with Crippen LogP contribution < -0.4 is 20.7 Å². The van der Waals surface area contributed by atoms with E-state index in [-0.39, 0.29) is 6.54 Å². The van der Waals surface area contributed by atoms with Crippen LogP contribution >= 0.6 is 0 Å². The van der Waals surface area contributed by atoms with Gasteiger partial charge in [0.25, 0.3) is 5.56 Å². The molecule has 0 bridgehead atoms. The van der Waals surface area contributed by atoms with Gasteiger partial charge in [0.15, 0.2) is 11.5 Å². The van der Waals surface area contributed by atoms with Gasteiger partial charge in [-0.3, -0.25) is 19.3 Å². The topological polar surface area (TPSA) is 86.2 Å². The predicted molar refractivity (Wildman–Crippen MR) is 67.8 cm³/mol. The van der Waals surface area contributed by atoms with Gasteiger partial charge in [0.2, 0.25) is 0 Å². The smallest absolute Gasteiger partial charge is 0.328 e. The minimum atomic E-state index is -0.501. The third-order valence-electron chi connectivity index (χ3n) is 2.58. The number of pyridine rings is 1. The van der Waals surface area contributed by atoms with Crippen molar-refractivity contribution < 1.29 is 9.47 Å². The maximum Gasteiger partial charge on any atom is 0.328 e. The first-order chi connectivity index (χ1) is 9.15. The van der Waals surface area contributed by atoms with Crippen molar-refractivity contribution in [3.05, 3.63) is 51.1 Å². The number of hydrogen-bond donors (Lipinski definition) is 1. The molecular weight excluding hydrogens is 250 g/mol. The molecule has 7 nitrogen and oxygen atoms in total. The third kappa shape index (κ3) is 2.65. The van der Waals surface area contributed by atoms with Crippen molar-refractivity contribution in [1.29, 1.82) is 0 Å². The summed E-state index contributed by atoms with van der Waals surface area (Å²) in [6, 6.07) is 2.94. The van der Waals surface area contributed by atoms with Gasteiger partial charge in [0.1, 0.15) is 5.69 Å². The molecule has 19 heavy (non-hydrogen) atoms. The van der Waals surface area contributed by atoms with E-state index in [0.29, 0.717) is 17.2 Å². The number of aromatic amines is 1. The lowest BCUT2D eigenvalue weighted by Crippen LogP contribution is -2.29. The Morgan fingerprint density at radius 1 is 1.26 bits per heavy atom. The molecule has 0 unspecified atom stereocenters. The van der Waals surface area contributed by atoms with E-state index in [9.17, 15) is 9.59 Å². The van der Waals surface area contributed by atoms with Crippen LogP contribution in [0.2, 0.25) is 0 Å². The number of ether oxygens (including phenoxy) is 2. The Hall–Kier alpha value is -2.57. The normalized spacial score (nSPS) is 10.2. The molecule has 0 aliphatic rings. The standard InChI is InChI=1S/C12H13N3O4/c1-18-9-3-5-13-8(11(9)19-2)7-15-6-4-10(16)14-12(15)17/h3-6H,7H2,1-2H3,(H,14,16,17). The van der Waals surface area contributed by atoms with Gasteiger partial charge < -0.3 is 9.47 Å². The highest BCUT2D eigenvalue weighted by Crippen LogP contribution is 2.29. The van der Waals surface area contributed by atoms with Crippen LogP contribution in [-0.4, -0.2) is 28.8 Å². The Morgan fingerprint density at radius 2 is 2.05 bits per heavy atom. The zero-order chi connectivity index (χ0) is 13.8. The average Bonchev–Trinajstić information content (AvgIpc) is 2.41. The Balaban J connectivity index is 2.43. The van der Waals surface area contributed by atoms with E-state index in [4.69, 9.17) is 9.47 Å². The first kappa shape index (κ1) is 12.9. The van der Waals surface area contributed by atoms with Crippen molar-refractivity contribution in [3.63, 3.8) is 0 Å². The molecular formula is C12H13N3O4. The van der Waals surface area contributed by atoms with E-state index >= 15 is 0 Å². The molecule has 1 N–H and O–H groups in total. The van der Waals surface area contributed by atoms with Crippen LogP contribution in [0, 0.1) is 0 Å². The van der Waals surface area contributed by atoms with Gasteiger partial charge >= 0.3 is 5.69 Å². The lowest BCUT2D eigenvalue weighted by molar-refractivity contribution is 0.348. The summed E-state index contributed by atoms with van der Waals surface area (Å²) in [4.78, 5) is 28.9. The van der Waals surface area contributed by atoms with Gasteiger partial charge in [0.05, 0.1) is 20.8 Å². The Labute approximate surface area is 108 Å². The van der Waals surface area contributed by atoms with E-state index in [1.807, 2.05) is 0 Å². The van der Waals surface area contributed by atoms with Gasteiger partial charge in [-0.15, -0.1) is 0 Å². The summed E-state index contributed by atoms with van der Waals surface area (Å²) in [7, 11) is 3.02. The number of nitrogens with zero attached hydrogens (tertiary/aromatic N) is 2. The third-order valence-corrected chi connectivity index (χ3v) is 2.58. The molecule has 7 heteroatoms. The van der Waals surface area contributed by atoms with Gasteiger partial charge in [0, 0.05) is 24.5 Å². The number of aromatic nitrogens is 3. The fourth-order valence-corrected chi connectivity index (χ4v) is 1.69. The van der Waals surface area contributed by atoms with Gasteiger partial charge in [-0.2, -0.15) is 0 Å². The summed E-state index contributed by atoms with van der Waals surface area (Å²) in [5.74, 6) is 0.994. The number of hydrogen-bond acceptors (Lipinski definition) is 5. The second-order valence-electron chi connectivity index (χ2n) is 3.73. The Bertz CT molecular complexity index is 690. The monoisotopic (exact) mass is 263 g/mol. The Kier molecular flexibility index (Phi) is 3.65. The molecule has 0 saturated heterocycles. The molecule has 0 atom stereocenters. The second-order valence-corrected chi connectivity index (χ2v) is 3.73. The molecule has 2 heterocycles. The summed E-state index contributed by atoms with van der Waals surface area (Å²) in [5, 5.41) is 0. The van der Waals surface area contributed by atoms with Crippen molar-refractivity contribution in [2.24, 2.45) is 0 Å². The molecule has 2 aromatic rings. The molecule has 0 amide bonds. The summed E-state index contributed by atoms with van der Waals surface area (Å²) in [6.07, 6.45) is 2.97. The number of methoxy groups -OCH3 is 2. The van der Waals surface area contributed by atoms with Crippen LogP contribution in [0.4, 0.5) is 0 Å². The molecule has 0 aliphatic heterocycles. The summed E-state index contributed by atoms with van der Waals surface area (Å²) >= 11 is 0. The molecule has 0 aromatic carbocycles. The van der Waals surface area contributed by atoms with E-state index in [1.54, 1.807) is 12.3 Å². The Morgan fingerprint density at radius 3 is 2.68 bits per heavy atom. The van der Waals surface area contributed by atoms with Crippen LogP contribution in [0.3, 0.4) is 0 Å². The fourth-order valence-electron chi connectivity index (χ4n) is 1.69. The largest absolute Gasteiger partial charge is 0.493 e. The maximum absolute atomic E-state index is 11.6. The molecule has 0 fully saturated rings. The molecule has 0 aliphatic carbocycles. The van der Waals surface area contributed by atoms with Crippen molar-refractivity contribution in [2.45, 2.75) is 6.54 Å². The molecule has 0 spiro atoms. The molecule has 0 radical (unpaired) electrons. The SMILES string of the molecule is COc1ccnc(Cn2ccc(=O)[nH]c2=O)c1OC. The van der Waals surface area contributed by atoms with Crippen LogP contribution in [0.5, 0.6) is 11.5 Å². The summed E-state index contributed by atoms with van der Waals surface area (Å²) in [6.45, 7) is 0.177. The lowest BCUT2D eigenvalue weighted by atomic mass is 10.3. The van der Waals surface area contributed by atoms with Crippen molar-refractivity contribution in [3.8, 4) is 11.5 Å². The zero-order valence-corrected chi connectivity index (χ0v) is 10.5. The first-order valence-electron chi connectivity index (χ1n) is 5.51. The molecule has 2 rings (SSSR count). The van der Waals surface area contributed by atoms with E-state index in [2.05, 4.69) is 9.97 Å². The minimum absolute atomic E-state index is 0.177. The first-order valence-corrected chi connectivity index (χ1v) is 5.51. The van der Waals surface area contributed by atoms with E-state index in [0.717, 1.165) is 0 Å². The van der Waals surface area contributed by atoms with Crippen LogP contribution in [0.1, 0.15) is 5.69 Å². The summed E-state index contributed by atoms with van der Waals surface area (Å²) < 4.78 is 11.7. The van der Waals surface area contributed by atoms with Crippen molar-refractivity contribution in [1.82, 2.24) is 14.5 Å². The maximum atomic E-state index is 11.6. The lowest BCUT2D eigenvalue weighted by Gasteiger charge is -2.12. The fraction of sp³-hybridized carbons (Fsp3) is 0.250. The molecule has 2 aromatic heterocycles. The van der Waals surface area contributed by atoms with Crippen molar-refractivity contribution in [2.75, 3.05) is 14.2 Å². The highest BCUT2D eigenvalue weighted by Gasteiger charge is 2.12.